The summed E-state index contributed by atoms with van der Waals surface area (Å²) in [5.41, 5.74) is 0.270. The van der Waals surface area contributed by atoms with Crippen LogP contribution >= 0.6 is 0 Å². The van der Waals surface area contributed by atoms with Crippen LogP contribution in [-0.4, -0.2) is 67.1 Å². The number of hydrogen-bond acceptors (Lipinski definition) is 4. The highest BCUT2D eigenvalue weighted by Gasteiger charge is 2.34. The molecule has 2 aliphatic rings. The molecule has 0 amide bonds. The normalized spacial score (nSPS) is 32.8. The van der Waals surface area contributed by atoms with E-state index >= 15 is 0 Å². The quantitative estimate of drug-likeness (QED) is 0.776. The third-order valence-corrected chi connectivity index (χ3v) is 5.06. The van der Waals surface area contributed by atoms with Gasteiger partial charge in [-0.2, -0.15) is 0 Å². The topological polar surface area (TPSA) is 41.6 Å². The summed E-state index contributed by atoms with van der Waals surface area (Å²) < 4.78 is 17.0. The molecule has 2 saturated heterocycles. The molecule has 0 radical (unpaired) electrons. The molecule has 0 aromatic rings. The lowest BCUT2D eigenvalue weighted by molar-refractivity contribution is -0.0241. The third-order valence-electron chi connectivity index (χ3n) is 3.79. The van der Waals surface area contributed by atoms with Crippen molar-refractivity contribution in [1.82, 2.24) is 10.2 Å². The van der Waals surface area contributed by atoms with E-state index in [1.807, 2.05) is 7.05 Å². The van der Waals surface area contributed by atoms with E-state index in [0.29, 0.717) is 0 Å². The first-order chi connectivity index (χ1) is 8.24. The molecule has 0 bridgehead atoms. The van der Waals surface area contributed by atoms with Gasteiger partial charge in [0.15, 0.2) is 0 Å². The van der Waals surface area contributed by atoms with E-state index in [9.17, 15) is 4.21 Å². The molecule has 0 aliphatic carbocycles. The van der Waals surface area contributed by atoms with E-state index in [-0.39, 0.29) is 5.41 Å². The number of rotatable bonds is 4. The van der Waals surface area contributed by atoms with Crippen LogP contribution in [0.15, 0.2) is 0 Å². The molecule has 1 N–H and O–H groups in total. The van der Waals surface area contributed by atoms with Gasteiger partial charge < -0.3 is 15.0 Å². The largest absolute Gasteiger partial charge is 0.381 e. The minimum Gasteiger partial charge on any atom is -0.381 e. The molecule has 2 rings (SSSR count). The van der Waals surface area contributed by atoms with Crippen molar-refractivity contribution in [3.05, 3.63) is 0 Å². The molecule has 100 valence electrons. The van der Waals surface area contributed by atoms with Crippen molar-refractivity contribution < 1.29 is 8.95 Å². The molecule has 1 unspecified atom stereocenters. The molecule has 0 saturated carbocycles. The van der Waals surface area contributed by atoms with Gasteiger partial charge in [-0.3, -0.25) is 4.21 Å². The second-order valence-electron chi connectivity index (χ2n) is 5.31. The lowest BCUT2D eigenvalue weighted by Crippen LogP contribution is -2.51. The predicted molar refractivity (Wildman–Crippen MR) is 70.7 cm³/mol. The summed E-state index contributed by atoms with van der Waals surface area (Å²) in [5.74, 6) is 1.69. The smallest absolute Gasteiger partial charge is 0.0546 e. The molecule has 17 heavy (non-hydrogen) atoms. The van der Waals surface area contributed by atoms with E-state index < -0.39 is 10.8 Å². The Balaban J connectivity index is 1.90. The van der Waals surface area contributed by atoms with Crippen molar-refractivity contribution in [1.29, 1.82) is 0 Å². The summed E-state index contributed by atoms with van der Waals surface area (Å²) in [4.78, 5) is 2.47. The molecule has 0 aromatic carbocycles. The van der Waals surface area contributed by atoms with Crippen LogP contribution in [0, 0.1) is 5.41 Å². The highest BCUT2D eigenvalue weighted by Crippen LogP contribution is 2.29. The molecule has 1 atom stereocenters. The summed E-state index contributed by atoms with van der Waals surface area (Å²) in [7, 11) is 1.44. The van der Waals surface area contributed by atoms with Crippen LogP contribution in [0.3, 0.4) is 0 Å². The van der Waals surface area contributed by atoms with E-state index in [1.54, 1.807) is 0 Å². The second-order valence-corrected chi connectivity index (χ2v) is 7.01. The van der Waals surface area contributed by atoms with Gasteiger partial charge in [-0.15, -0.1) is 0 Å². The number of nitrogens with one attached hydrogen (secondary N) is 1. The van der Waals surface area contributed by atoms with Crippen LogP contribution in [0.2, 0.25) is 0 Å². The van der Waals surface area contributed by atoms with Crippen molar-refractivity contribution in [2.24, 2.45) is 5.41 Å². The average Bonchev–Trinajstić information content (AvgIpc) is 2.34. The molecule has 2 fully saturated rings. The highest BCUT2D eigenvalue weighted by atomic mass is 32.2. The minimum absolute atomic E-state index is 0.270. The van der Waals surface area contributed by atoms with Gasteiger partial charge in [-0.1, -0.05) is 0 Å². The zero-order valence-corrected chi connectivity index (χ0v) is 11.6. The monoisotopic (exact) mass is 260 g/mol. The maximum atomic E-state index is 11.4. The van der Waals surface area contributed by atoms with Crippen molar-refractivity contribution in [3.8, 4) is 0 Å². The molecular formula is C12H24N2O2S. The van der Waals surface area contributed by atoms with Crippen LogP contribution in [0.4, 0.5) is 0 Å². The third kappa shape index (κ3) is 3.74. The molecule has 5 heteroatoms. The first kappa shape index (κ1) is 13.5. The van der Waals surface area contributed by atoms with E-state index in [2.05, 4.69) is 10.2 Å². The first-order valence-electron chi connectivity index (χ1n) is 6.54. The Morgan fingerprint density at radius 1 is 1.41 bits per heavy atom. The Labute approximate surface area is 107 Å². The summed E-state index contributed by atoms with van der Waals surface area (Å²) in [5, 5.41) is 3.31. The van der Waals surface area contributed by atoms with Crippen LogP contribution < -0.4 is 5.32 Å². The lowest BCUT2D eigenvalue weighted by Gasteiger charge is -2.41. The summed E-state index contributed by atoms with van der Waals surface area (Å²) in [6.07, 6.45) is 2.41. The summed E-state index contributed by atoms with van der Waals surface area (Å²) >= 11 is 0. The minimum atomic E-state index is -0.573. The Bertz CT molecular complexity index is 252. The Morgan fingerprint density at radius 2 is 2.18 bits per heavy atom. The fourth-order valence-electron chi connectivity index (χ4n) is 2.91. The van der Waals surface area contributed by atoms with E-state index in [1.165, 1.54) is 12.8 Å². The van der Waals surface area contributed by atoms with E-state index in [0.717, 1.165) is 50.9 Å². The molecule has 2 heterocycles. The number of nitrogens with zero attached hydrogens (tertiary/aromatic N) is 1. The van der Waals surface area contributed by atoms with Gasteiger partial charge in [0.25, 0.3) is 0 Å². The fraction of sp³-hybridized carbons (Fsp3) is 1.00. The van der Waals surface area contributed by atoms with Crippen LogP contribution in [0.25, 0.3) is 0 Å². The molecule has 0 aromatic heterocycles. The lowest BCUT2D eigenvalue weighted by atomic mass is 9.81. The zero-order chi connectivity index (χ0) is 12.1. The number of ether oxygens (including phenoxy) is 1. The zero-order valence-electron chi connectivity index (χ0n) is 10.7. The maximum absolute atomic E-state index is 11.4. The Morgan fingerprint density at radius 3 is 2.76 bits per heavy atom. The van der Waals surface area contributed by atoms with Gasteiger partial charge in [0.05, 0.1) is 6.61 Å². The van der Waals surface area contributed by atoms with Gasteiger partial charge in [-0.25, -0.2) is 0 Å². The second kappa shape index (κ2) is 6.27. The maximum Gasteiger partial charge on any atom is 0.0546 e. The highest BCUT2D eigenvalue weighted by molar-refractivity contribution is 7.85. The molecule has 4 nitrogen and oxygen atoms in total. The van der Waals surface area contributed by atoms with Gasteiger partial charge in [-0.05, 0) is 19.9 Å². The Kier molecular flexibility index (Phi) is 4.97. The average molecular weight is 260 g/mol. The van der Waals surface area contributed by atoms with Crippen molar-refractivity contribution in [3.63, 3.8) is 0 Å². The fourth-order valence-corrected chi connectivity index (χ4v) is 4.04. The Hall–Kier alpha value is 0.0300. The van der Waals surface area contributed by atoms with Gasteiger partial charge in [0.2, 0.25) is 0 Å². The molecule has 2 aliphatic heterocycles. The summed E-state index contributed by atoms with van der Waals surface area (Å²) in [6.45, 7) is 5.86. The van der Waals surface area contributed by atoms with E-state index in [4.69, 9.17) is 4.74 Å². The van der Waals surface area contributed by atoms with Crippen molar-refractivity contribution in [2.45, 2.75) is 12.8 Å². The molecule has 0 spiro atoms. The van der Waals surface area contributed by atoms with Crippen LogP contribution in [0.1, 0.15) is 12.8 Å². The standard InChI is InChI=1S/C12H24N2O2S/c1-13-9-12(3-2-6-16-11-12)10-14-4-7-17(15)8-5-14/h13H,2-11H2,1H3. The first-order valence-corrected chi connectivity index (χ1v) is 8.03. The molecular weight excluding hydrogens is 236 g/mol. The SMILES string of the molecule is CNCC1(CN2CCS(=O)CC2)CCCOC1. The van der Waals surface area contributed by atoms with Crippen LogP contribution in [-0.2, 0) is 15.5 Å². The van der Waals surface area contributed by atoms with Gasteiger partial charge in [0.1, 0.15) is 0 Å². The van der Waals surface area contributed by atoms with Gasteiger partial charge in [0, 0.05) is 60.5 Å². The van der Waals surface area contributed by atoms with Crippen molar-refractivity contribution >= 4 is 10.8 Å². The number of hydrogen-bond donors (Lipinski definition) is 1. The van der Waals surface area contributed by atoms with Gasteiger partial charge >= 0.3 is 0 Å². The van der Waals surface area contributed by atoms with Crippen molar-refractivity contribution in [2.75, 3.05) is 57.9 Å². The van der Waals surface area contributed by atoms with Crippen LogP contribution in [0.5, 0.6) is 0 Å². The summed E-state index contributed by atoms with van der Waals surface area (Å²) in [6, 6.07) is 0. The predicted octanol–water partition coefficient (Wildman–Crippen LogP) is 0.0669.